The molecule has 5 heteroatoms. The fourth-order valence-corrected chi connectivity index (χ4v) is 26.7. The van der Waals surface area contributed by atoms with Crippen molar-refractivity contribution in [2.45, 2.75) is 0 Å². The molecule has 0 radical (unpaired) electrons. The average Bonchev–Trinajstić information content (AvgIpc) is 2.61. The van der Waals surface area contributed by atoms with Gasteiger partial charge in [-0.05, 0) is 0 Å². The molecule has 0 aliphatic heterocycles. The van der Waals surface area contributed by atoms with E-state index < -0.39 is 16.7 Å². The van der Waals surface area contributed by atoms with Gasteiger partial charge in [0, 0.05) is 0 Å². The van der Waals surface area contributed by atoms with Gasteiger partial charge in [-0.1, -0.05) is 0 Å². The molecule has 0 aromatic heterocycles. The predicted octanol–water partition coefficient (Wildman–Crippen LogP) is 5.55. The van der Waals surface area contributed by atoms with E-state index in [0.717, 1.165) is 0 Å². The summed E-state index contributed by atoms with van der Waals surface area (Å²) in [7, 11) is 8.21. The van der Waals surface area contributed by atoms with Crippen molar-refractivity contribution in [2.75, 3.05) is 0 Å². The van der Waals surface area contributed by atoms with Crippen molar-refractivity contribution in [3.05, 3.63) is 91.0 Å². The molecule has 3 rings (SSSR count). The summed E-state index contributed by atoms with van der Waals surface area (Å²) in [4.78, 5) is 0. The van der Waals surface area contributed by atoms with Crippen LogP contribution in [0.3, 0.4) is 0 Å². The summed E-state index contributed by atoms with van der Waals surface area (Å²) in [6.07, 6.45) is 0. The Morgan fingerprint density at radius 1 is 0.625 bits per heavy atom. The topological polar surface area (TPSA) is 0 Å². The normalized spacial score (nSPS) is 12.6. The molecule has 0 unspecified atom stereocenters. The van der Waals surface area contributed by atoms with E-state index in [0.29, 0.717) is 0 Å². The van der Waals surface area contributed by atoms with E-state index in [1.165, 1.54) is 15.9 Å². The zero-order valence-corrected chi connectivity index (χ0v) is 20.0. The van der Waals surface area contributed by atoms with Crippen molar-refractivity contribution in [3.63, 3.8) is 0 Å². The Labute approximate surface area is 165 Å². The summed E-state index contributed by atoms with van der Waals surface area (Å²) >= 11 is 2.29. The summed E-state index contributed by atoms with van der Waals surface area (Å²) in [6.45, 7) is 0. The van der Waals surface area contributed by atoms with Gasteiger partial charge in [-0.15, -0.1) is 0 Å². The first kappa shape index (κ1) is 18.7. The molecular weight excluding hydrogens is 643 g/mol. The van der Waals surface area contributed by atoms with Crippen molar-refractivity contribution >= 4 is 66.0 Å². The molecular formula is C19H16Cl2IPRe+. The van der Waals surface area contributed by atoms with Gasteiger partial charge in [0.1, 0.15) is 0 Å². The molecule has 0 N–H and O–H groups in total. The van der Waals surface area contributed by atoms with E-state index in [1.54, 1.807) is 0 Å². The third-order valence-electron chi connectivity index (χ3n) is 3.75. The third kappa shape index (κ3) is 4.18. The van der Waals surface area contributed by atoms with Crippen LogP contribution in [-0.2, 0) is 9.43 Å². The SMILES string of the molecule is [Cl][Re]([Cl])([I])=[CH][P+](c1ccccc1)(c1ccccc1)c1ccccc1. The molecule has 0 aliphatic carbocycles. The summed E-state index contributed by atoms with van der Waals surface area (Å²) in [5, 5.41) is 3.87. The first-order valence-corrected chi connectivity index (χ1v) is 25.2. The van der Waals surface area contributed by atoms with Gasteiger partial charge in [0.15, 0.2) is 0 Å². The van der Waals surface area contributed by atoms with Gasteiger partial charge in [-0.2, -0.15) is 0 Å². The first-order valence-electron chi connectivity index (χ1n) is 7.31. The molecule has 124 valence electrons. The number of hydrogen-bond donors (Lipinski definition) is 0. The third-order valence-corrected chi connectivity index (χ3v) is 21.9. The summed E-state index contributed by atoms with van der Waals surface area (Å²) in [6, 6.07) is 31.9. The molecule has 0 aliphatic rings. The number of benzene rings is 3. The Kier molecular flexibility index (Phi) is 6.31. The standard InChI is InChI=1S/C19H16P.2ClH.HI.Re/c1-20(17-11-5-2-6-12-17,18-13-7-3-8-14-18)19-15-9-4-10-16-19;;;;/h1-16H;3*1H;/q+1;;;;+3/p-3. The van der Waals surface area contributed by atoms with Gasteiger partial charge in [-0.25, -0.2) is 0 Å². The van der Waals surface area contributed by atoms with Crippen LogP contribution in [0.5, 0.6) is 0 Å². The van der Waals surface area contributed by atoms with Crippen molar-refractivity contribution in [2.24, 2.45) is 0 Å². The van der Waals surface area contributed by atoms with Gasteiger partial charge >= 0.3 is 166 Å². The number of rotatable bonds is 4. The number of halogens is 3. The average molecular weight is 659 g/mol. The Bertz CT molecular complexity index is 743. The van der Waals surface area contributed by atoms with Crippen LogP contribution >= 0.6 is 45.8 Å². The molecule has 0 saturated carbocycles. The van der Waals surface area contributed by atoms with E-state index in [2.05, 4.69) is 115 Å². The zero-order chi connectivity index (χ0) is 17.0. The fraction of sp³-hybridized carbons (Fsp3) is 0. The van der Waals surface area contributed by atoms with Crippen LogP contribution in [0.4, 0.5) is 0 Å². The second-order valence-electron chi connectivity index (χ2n) is 5.24. The van der Waals surface area contributed by atoms with Gasteiger partial charge in [0.25, 0.3) is 0 Å². The quantitative estimate of drug-likeness (QED) is 0.255. The molecule has 24 heavy (non-hydrogen) atoms. The van der Waals surface area contributed by atoms with Crippen LogP contribution in [0.2, 0.25) is 0 Å². The van der Waals surface area contributed by atoms with Crippen molar-refractivity contribution in [3.8, 4) is 0 Å². The molecule has 0 saturated heterocycles. The van der Waals surface area contributed by atoms with Crippen LogP contribution in [0, 0.1) is 0 Å². The summed E-state index contributed by atoms with van der Waals surface area (Å²) < 4.78 is 2.32. The van der Waals surface area contributed by atoms with Crippen LogP contribution in [-0.4, -0.2) is 4.23 Å². The van der Waals surface area contributed by atoms with Crippen molar-refractivity contribution < 1.29 is 9.43 Å². The Morgan fingerprint density at radius 3 is 1.17 bits per heavy atom. The van der Waals surface area contributed by atoms with Crippen molar-refractivity contribution in [1.82, 2.24) is 0 Å². The Balaban J connectivity index is 2.42. The summed E-state index contributed by atoms with van der Waals surface area (Å²) in [5.74, 6) is 0. The molecule has 0 bridgehead atoms. The minimum atomic E-state index is -3.19. The molecule has 0 fully saturated rings. The van der Waals surface area contributed by atoms with E-state index in [4.69, 9.17) is 19.1 Å². The van der Waals surface area contributed by atoms with E-state index >= 15 is 0 Å². The predicted molar refractivity (Wildman–Crippen MR) is 117 cm³/mol. The number of hydrogen-bond acceptors (Lipinski definition) is 0. The molecule has 3 aromatic carbocycles. The van der Waals surface area contributed by atoms with Gasteiger partial charge < -0.3 is 0 Å². The van der Waals surface area contributed by atoms with Gasteiger partial charge in [0.05, 0.1) is 0 Å². The van der Waals surface area contributed by atoms with Gasteiger partial charge in [-0.3, -0.25) is 0 Å². The molecule has 0 amide bonds. The van der Waals surface area contributed by atoms with E-state index in [9.17, 15) is 0 Å². The van der Waals surface area contributed by atoms with Crippen LogP contribution in [0.15, 0.2) is 91.0 Å². The molecule has 0 heterocycles. The van der Waals surface area contributed by atoms with E-state index in [1.807, 2.05) is 0 Å². The first-order chi connectivity index (χ1) is 11.5. The zero-order valence-electron chi connectivity index (χ0n) is 12.7. The van der Waals surface area contributed by atoms with Crippen LogP contribution in [0.1, 0.15) is 0 Å². The maximum absolute atomic E-state index is 6.69. The molecule has 3 aromatic rings. The Morgan fingerprint density at radius 2 is 0.917 bits per heavy atom. The minimum absolute atomic E-state index is 1.29. The molecule has 0 atom stereocenters. The second kappa shape index (κ2) is 8.09. The van der Waals surface area contributed by atoms with Gasteiger partial charge in [0.2, 0.25) is 0 Å². The van der Waals surface area contributed by atoms with Crippen LogP contribution in [0.25, 0.3) is 0 Å². The monoisotopic (exact) mass is 659 g/mol. The maximum atomic E-state index is 6.69. The van der Waals surface area contributed by atoms with E-state index in [-0.39, 0.29) is 0 Å². The second-order valence-corrected chi connectivity index (χ2v) is 40.5. The molecule has 0 spiro atoms. The fourth-order valence-electron chi connectivity index (χ4n) is 2.77. The van der Waals surface area contributed by atoms with Crippen LogP contribution < -0.4 is 15.9 Å². The van der Waals surface area contributed by atoms with Crippen molar-refractivity contribution in [1.29, 1.82) is 0 Å². The Hall–Kier alpha value is -0.0677. The summed E-state index contributed by atoms with van der Waals surface area (Å²) in [5.41, 5.74) is 0. The molecule has 0 nitrogen and oxygen atoms in total.